The maximum absolute atomic E-state index is 15.1. The van der Waals surface area contributed by atoms with Gasteiger partial charge in [-0.05, 0) is 47.9 Å². The zero-order valence-corrected chi connectivity index (χ0v) is 19.2. The summed E-state index contributed by atoms with van der Waals surface area (Å²) < 4.78 is 41.0. The summed E-state index contributed by atoms with van der Waals surface area (Å²) in [6, 6.07) is 15.6. The lowest BCUT2D eigenvalue weighted by Gasteiger charge is -2.19. The molecule has 0 radical (unpaired) electrons. The zero-order valence-electron chi connectivity index (χ0n) is 19.2. The number of halogens is 2. The highest BCUT2D eigenvalue weighted by molar-refractivity contribution is 5.94. The van der Waals surface area contributed by atoms with E-state index in [0.29, 0.717) is 16.9 Å². The van der Waals surface area contributed by atoms with Crippen molar-refractivity contribution in [1.29, 1.82) is 5.41 Å². The largest absolute Gasteiger partial charge is 0.491 e. The number of nitrogens with one attached hydrogen (secondary N) is 2. The quantitative estimate of drug-likeness (QED) is 0.245. The van der Waals surface area contributed by atoms with E-state index in [1.807, 2.05) is 0 Å². The van der Waals surface area contributed by atoms with E-state index in [1.54, 1.807) is 55.5 Å². The van der Waals surface area contributed by atoms with Crippen LogP contribution in [0.2, 0.25) is 0 Å². The van der Waals surface area contributed by atoms with Crippen molar-refractivity contribution in [3.05, 3.63) is 89.0 Å². The lowest BCUT2D eigenvalue weighted by molar-refractivity contribution is -0.133. The van der Waals surface area contributed by atoms with Crippen LogP contribution in [0.25, 0.3) is 11.1 Å². The molecule has 0 spiro atoms. The van der Waals surface area contributed by atoms with E-state index in [9.17, 15) is 4.79 Å². The van der Waals surface area contributed by atoms with Gasteiger partial charge in [0, 0.05) is 18.7 Å². The van der Waals surface area contributed by atoms with Crippen LogP contribution in [0.5, 0.6) is 5.75 Å². The molecule has 1 amide bonds. The lowest BCUT2D eigenvalue weighted by atomic mass is 9.99. The summed E-state index contributed by atoms with van der Waals surface area (Å²) in [5.41, 5.74) is 7.00. The number of hydrogen-bond acceptors (Lipinski definition) is 5. The number of benzene rings is 3. The molecule has 0 saturated carbocycles. The molecule has 0 saturated heterocycles. The summed E-state index contributed by atoms with van der Waals surface area (Å²) in [6.07, 6.45) is -1.48. The molecule has 0 aliphatic rings. The van der Waals surface area contributed by atoms with Crippen LogP contribution < -0.4 is 15.8 Å². The van der Waals surface area contributed by atoms with Crippen LogP contribution >= 0.6 is 0 Å². The first-order valence-corrected chi connectivity index (χ1v) is 11.0. The van der Waals surface area contributed by atoms with Gasteiger partial charge in [0.15, 0.2) is 6.10 Å². The summed E-state index contributed by atoms with van der Waals surface area (Å²) >= 11 is 0. The van der Waals surface area contributed by atoms with E-state index in [4.69, 9.17) is 25.7 Å². The predicted molar refractivity (Wildman–Crippen MR) is 128 cm³/mol. The number of aliphatic hydroxyl groups is 1. The Kier molecular flexibility index (Phi) is 8.88. The Balaban J connectivity index is 1.81. The minimum atomic E-state index is -1.48. The monoisotopic (exact) mass is 483 g/mol. The van der Waals surface area contributed by atoms with Gasteiger partial charge in [0.05, 0.1) is 12.2 Å². The van der Waals surface area contributed by atoms with Crippen molar-refractivity contribution in [3.8, 4) is 16.9 Å². The van der Waals surface area contributed by atoms with Crippen molar-refractivity contribution in [2.24, 2.45) is 5.73 Å². The molecule has 9 heteroatoms. The van der Waals surface area contributed by atoms with Gasteiger partial charge in [-0.15, -0.1) is 0 Å². The normalized spacial score (nSPS) is 11.7. The number of nitrogens with two attached hydrogens (primary N) is 1. The average Bonchev–Trinajstić information content (AvgIpc) is 2.85. The first-order valence-electron chi connectivity index (χ1n) is 11.0. The molecular formula is C26H27F2N3O4. The fourth-order valence-corrected chi connectivity index (χ4v) is 3.47. The van der Waals surface area contributed by atoms with Crippen LogP contribution in [0, 0.1) is 17.0 Å². The number of rotatable bonds is 11. The summed E-state index contributed by atoms with van der Waals surface area (Å²) in [7, 11) is 0. The summed E-state index contributed by atoms with van der Waals surface area (Å²) in [5.74, 6) is -2.14. The van der Waals surface area contributed by atoms with Crippen molar-refractivity contribution in [3.63, 3.8) is 0 Å². The molecule has 1 unspecified atom stereocenters. The zero-order chi connectivity index (χ0) is 25.4. The van der Waals surface area contributed by atoms with E-state index in [1.165, 1.54) is 0 Å². The lowest BCUT2D eigenvalue weighted by Crippen LogP contribution is -2.31. The molecule has 0 aromatic heterocycles. The second kappa shape index (κ2) is 12.0. The molecular weight excluding hydrogens is 456 g/mol. The molecule has 0 heterocycles. The number of carbonyl (C=O) groups is 1. The smallest absolute Gasteiger partial charge is 0.254 e. The maximum atomic E-state index is 15.1. The molecule has 35 heavy (non-hydrogen) atoms. The van der Waals surface area contributed by atoms with Gasteiger partial charge >= 0.3 is 0 Å². The van der Waals surface area contributed by atoms with Gasteiger partial charge in [0.25, 0.3) is 5.91 Å². The molecule has 3 aromatic rings. The van der Waals surface area contributed by atoms with Crippen LogP contribution in [0.3, 0.4) is 0 Å². The Labute approximate surface area is 202 Å². The third-order valence-electron chi connectivity index (χ3n) is 5.17. The third-order valence-corrected chi connectivity index (χ3v) is 5.17. The minimum absolute atomic E-state index is 0.0657. The van der Waals surface area contributed by atoms with Gasteiger partial charge in [-0.2, -0.15) is 0 Å². The number of nitrogen functional groups attached to an aromatic ring is 1. The molecule has 7 nitrogen and oxygen atoms in total. The SMILES string of the molecule is CCOC(C(=O)NCc1ccc(C(=N)N)cc1)c1c(F)cc(-c2cccc(OCCO)c2)cc1F. The number of aliphatic hydroxyl groups excluding tert-OH is 1. The van der Waals surface area contributed by atoms with Crippen LogP contribution in [0.1, 0.15) is 29.7 Å². The van der Waals surface area contributed by atoms with Crippen molar-refractivity contribution >= 4 is 11.7 Å². The van der Waals surface area contributed by atoms with Gasteiger partial charge in [0.2, 0.25) is 0 Å². The highest BCUT2D eigenvalue weighted by Crippen LogP contribution is 2.31. The molecule has 1 atom stereocenters. The number of hydrogen-bond donors (Lipinski definition) is 4. The van der Waals surface area contributed by atoms with Crippen molar-refractivity contribution in [2.75, 3.05) is 19.8 Å². The van der Waals surface area contributed by atoms with Crippen molar-refractivity contribution in [1.82, 2.24) is 5.32 Å². The predicted octanol–water partition coefficient (Wildman–Crippen LogP) is 3.68. The molecule has 5 N–H and O–H groups in total. The number of amidine groups is 1. The number of amides is 1. The highest BCUT2D eigenvalue weighted by atomic mass is 19.1. The molecule has 0 aliphatic heterocycles. The Hall–Kier alpha value is -3.82. The molecule has 184 valence electrons. The van der Waals surface area contributed by atoms with Gasteiger partial charge < -0.3 is 25.6 Å². The van der Waals surface area contributed by atoms with Crippen LogP contribution in [-0.4, -0.2) is 36.7 Å². The van der Waals surface area contributed by atoms with Gasteiger partial charge in [-0.3, -0.25) is 10.2 Å². The Bertz CT molecular complexity index is 1160. The van der Waals surface area contributed by atoms with Gasteiger partial charge in [0.1, 0.15) is 29.8 Å². The summed E-state index contributed by atoms with van der Waals surface area (Å²) in [5, 5.41) is 19.0. The van der Waals surface area contributed by atoms with E-state index in [2.05, 4.69) is 5.32 Å². The average molecular weight is 484 g/mol. The fourth-order valence-electron chi connectivity index (χ4n) is 3.47. The van der Waals surface area contributed by atoms with E-state index < -0.39 is 29.2 Å². The van der Waals surface area contributed by atoms with Crippen LogP contribution in [-0.2, 0) is 16.1 Å². The molecule has 0 fully saturated rings. The van der Waals surface area contributed by atoms with Crippen molar-refractivity contribution in [2.45, 2.75) is 19.6 Å². The maximum Gasteiger partial charge on any atom is 0.254 e. The summed E-state index contributed by atoms with van der Waals surface area (Å²) in [4.78, 5) is 12.8. The minimum Gasteiger partial charge on any atom is -0.491 e. The first-order chi connectivity index (χ1) is 16.8. The molecule has 0 aliphatic carbocycles. The standard InChI is InChI=1S/C26H27F2N3O4/c1-2-34-24(26(33)31-15-16-6-8-17(9-7-16)25(29)30)23-21(27)13-19(14-22(23)28)18-4-3-5-20(12-18)35-11-10-32/h3-9,12-14,24,32H,2,10-11,15H2,1H3,(H3,29,30)(H,31,33). The second-order valence-electron chi connectivity index (χ2n) is 7.62. The topological polar surface area (TPSA) is 118 Å². The van der Waals surface area contributed by atoms with Gasteiger partial charge in [-0.1, -0.05) is 36.4 Å². The third kappa shape index (κ3) is 6.62. The summed E-state index contributed by atoms with van der Waals surface area (Å²) in [6.45, 7) is 1.73. The highest BCUT2D eigenvalue weighted by Gasteiger charge is 2.28. The van der Waals surface area contributed by atoms with E-state index >= 15 is 8.78 Å². The van der Waals surface area contributed by atoms with E-state index in [0.717, 1.165) is 17.7 Å². The Morgan fingerprint density at radius 3 is 2.37 bits per heavy atom. The molecule has 3 aromatic carbocycles. The van der Waals surface area contributed by atoms with Crippen LogP contribution in [0.15, 0.2) is 60.7 Å². The molecule has 0 bridgehead atoms. The Morgan fingerprint density at radius 1 is 1.09 bits per heavy atom. The van der Waals surface area contributed by atoms with Crippen molar-refractivity contribution < 1.29 is 28.2 Å². The van der Waals surface area contributed by atoms with Gasteiger partial charge in [-0.25, -0.2) is 8.78 Å². The Morgan fingerprint density at radius 2 is 1.77 bits per heavy atom. The fraction of sp³-hybridized carbons (Fsp3) is 0.231. The number of ether oxygens (including phenoxy) is 2. The number of carbonyl (C=O) groups excluding carboxylic acids is 1. The second-order valence-corrected chi connectivity index (χ2v) is 7.62. The first kappa shape index (κ1) is 25.8. The van der Waals surface area contributed by atoms with E-state index in [-0.39, 0.29) is 37.8 Å². The molecule has 3 rings (SSSR count). The van der Waals surface area contributed by atoms with Crippen LogP contribution in [0.4, 0.5) is 8.78 Å².